The van der Waals surface area contributed by atoms with Gasteiger partial charge < -0.3 is 10.3 Å². The number of nitrogens with zero attached hydrogens (tertiary/aromatic N) is 1. The van der Waals surface area contributed by atoms with Gasteiger partial charge in [0.25, 0.3) is 5.91 Å². The number of amides is 1. The van der Waals surface area contributed by atoms with E-state index >= 15 is 0 Å². The molecule has 1 amide bonds. The lowest BCUT2D eigenvalue weighted by Crippen LogP contribution is -2.37. The van der Waals surface area contributed by atoms with E-state index in [9.17, 15) is 4.79 Å². The number of pyridine rings is 1. The second-order valence-electron chi connectivity index (χ2n) is 7.72. The van der Waals surface area contributed by atoms with Gasteiger partial charge in [-0.3, -0.25) is 9.78 Å². The molecule has 2 heterocycles. The maximum atomic E-state index is 12.9. The number of benzene rings is 2. The largest absolute Gasteiger partial charge is 0.361 e. The molecule has 2 aromatic carbocycles. The summed E-state index contributed by atoms with van der Waals surface area (Å²) in [6.45, 7) is 0. The maximum Gasteiger partial charge on any atom is 0.252 e. The first-order chi connectivity index (χ1) is 13.8. The molecule has 140 valence electrons. The van der Waals surface area contributed by atoms with Crippen LogP contribution in [-0.4, -0.2) is 21.9 Å². The molecule has 4 nitrogen and oxygen atoms in total. The molecule has 0 bridgehead atoms. The lowest BCUT2D eigenvalue weighted by molar-refractivity contribution is 0.0927. The minimum absolute atomic E-state index is 0.00999. The highest BCUT2D eigenvalue weighted by Gasteiger charge is 2.24. The number of aromatic amines is 1. The van der Waals surface area contributed by atoms with Crippen LogP contribution in [0.25, 0.3) is 21.8 Å². The Bertz CT molecular complexity index is 1130. The van der Waals surface area contributed by atoms with E-state index in [0.717, 1.165) is 36.6 Å². The molecule has 0 unspecified atom stereocenters. The van der Waals surface area contributed by atoms with Crippen molar-refractivity contribution < 1.29 is 4.79 Å². The van der Waals surface area contributed by atoms with Crippen molar-refractivity contribution >= 4 is 27.7 Å². The second kappa shape index (κ2) is 7.12. The molecule has 2 aromatic heterocycles. The van der Waals surface area contributed by atoms with Crippen molar-refractivity contribution in [3.8, 4) is 0 Å². The Balaban J connectivity index is 1.26. The Morgan fingerprint density at radius 1 is 1.00 bits per heavy atom. The van der Waals surface area contributed by atoms with Crippen molar-refractivity contribution in [2.45, 2.75) is 37.6 Å². The molecule has 28 heavy (non-hydrogen) atoms. The SMILES string of the molecule is O=C(NC1CCC(c2ccc3[nH]ccc3c2)CC1)c1cccc2ncccc12. The molecular weight excluding hydrogens is 346 g/mol. The fourth-order valence-electron chi connectivity index (χ4n) is 4.46. The molecule has 0 radical (unpaired) electrons. The molecule has 1 aliphatic carbocycles. The van der Waals surface area contributed by atoms with Crippen LogP contribution in [0.1, 0.15) is 47.5 Å². The summed E-state index contributed by atoms with van der Waals surface area (Å²) in [6.07, 6.45) is 8.00. The van der Waals surface area contributed by atoms with Crippen molar-refractivity contribution in [1.29, 1.82) is 0 Å². The highest BCUT2D eigenvalue weighted by Crippen LogP contribution is 2.34. The van der Waals surface area contributed by atoms with Crippen LogP contribution in [0.3, 0.4) is 0 Å². The van der Waals surface area contributed by atoms with Gasteiger partial charge >= 0.3 is 0 Å². The third kappa shape index (κ3) is 3.15. The molecule has 1 aliphatic rings. The van der Waals surface area contributed by atoms with Crippen LogP contribution in [-0.2, 0) is 0 Å². The smallest absolute Gasteiger partial charge is 0.252 e. The molecular formula is C24H23N3O. The van der Waals surface area contributed by atoms with Crippen LogP contribution in [0.5, 0.6) is 0 Å². The Hall–Kier alpha value is -3.14. The minimum atomic E-state index is 0.00999. The van der Waals surface area contributed by atoms with Crippen molar-refractivity contribution in [1.82, 2.24) is 15.3 Å². The quantitative estimate of drug-likeness (QED) is 0.523. The zero-order chi connectivity index (χ0) is 18.9. The second-order valence-corrected chi connectivity index (χ2v) is 7.72. The van der Waals surface area contributed by atoms with Gasteiger partial charge in [-0.25, -0.2) is 0 Å². The number of carbonyl (C=O) groups excluding carboxylic acids is 1. The summed E-state index contributed by atoms with van der Waals surface area (Å²) in [5.74, 6) is 0.588. The number of hydrogen-bond donors (Lipinski definition) is 2. The van der Waals surface area contributed by atoms with Gasteiger partial charge in [0, 0.05) is 34.9 Å². The zero-order valence-electron chi connectivity index (χ0n) is 15.7. The van der Waals surface area contributed by atoms with Gasteiger partial charge in [0.15, 0.2) is 0 Å². The lowest BCUT2D eigenvalue weighted by Gasteiger charge is -2.29. The fourth-order valence-corrected chi connectivity index (χ4v) is 4.46. The zero-order valence-corrected chi connectivity index (χ0v) is 15.7. The van der Waals surface area contributed by atoms with E-state index in [4.69, 9.17) is 0 Å². The number of carbonyl (C=O) groups is 1. The first-order valence-corrected chi connectivity index (χ1v) is 9.99. The van der Waals surface area contributed by atoms with Gasteiger partial charge in [-0.2, -0.15) is 0 Å². The third-order valence-electron chi connectivity index (χ3n) is 6.00. The Morgan fingerprint density at radius 2 is 1.89 bits per heavy atom. The standard InChI is InChI=1S/C24H23N3O/c28-24(21-3-1-5-23-20(21)4-2-13-25-23)27-19-9-6-16(7-10-19)17-8-11-22-18(15-17)12-14-26-22/h1-5,8,11-16,19,26H,6-7,9-10H2,(H,27,28). The van der Waals surface area contributed by atoms with Crippen molar-refractivity contribution in [3.63, 3.8) is 0 Å². The van der Waals surface area contributed by atoms with E-state index in [0.29, 0.717) is 11.5 Å². The Labute approximate surface area is 164 Å². The molecule has 1 saturated carbocycles. The highest BCUT2D eigenvalue weighted by molar-refractivity contribution is 6.06. The summed E-state index contributed by atoms with van der Waals surface area (Å²) < 4.78 is 0. The van der Waals surface area contributed by atoms with Crippen LogP contribution < -0.4 is 5.32 Å². The number of rotatable bonds is 3. The molecule has 0 saturated heterocycles. The molecule has 1 fully saturated rings. The number of fused-ring (bicyclic) bond motifs is 2. The van der Waals surface area contributed by atoms with Crippen LogP contribution in [0.2, 0.25) is 0 Å². The number of aromatic nitrogens is 2. The summed E-state index contributed by atoms with van der Waals surface area (Å²) >= 11 is 0. The average molecular weight is 369 g/mol. The van der Waals surface area contributed by atoms with Gasteiger partial charge in [-0.15, -0.1) is 0 Å². The van der Waals surface area contributed by atoms with Gasteiger partial charge in [-0.05, 0) is 78.9 Å². The van der Waals surface area contributed by atoms with E-state index in [-0.39, 0.29) is 11.9 Å². The van der Waals surface area contributed by atoms with Gasteiger partial charge in [0.05, 0.1) is 5.52 Å². The van der Waals surface area contributed by atoms with Crippen molar-refractivity contribution in [3.05, 3.63) is 78.1 Å². The lowest BCUT2D eigenvalue weighted by atomic mass is 9.81. The van der Waals surface area contributed by atoms with Crippen LogP contribution >= 0.6 is 0 Å². The number of H-pyrrole nitrogens is 1. The van der Waals surface area contributed by atoms with E-state index in [1.807, 2.05) is 36.5 Å². The summed E-state index contributed by atoms with van der Waals surface area (Å²) in [7, 11) is 0. The molecule has 5 rings (SSSR count). The number of nitrogens with one attached hydrogen (secondary N) is 2. The molecule has 0 spiro atoms. The number of hydrogen-bond acceptors (Lipinski definition) is 2. The monoisotopic (exact) mass is 369 g/mol. The third-order valence-corrected chi connectivity index (χ3v) is 6.00. The van der Waals surface area contributed by atoms with Crippen molar-refractivity contribution in [2.75, 3.05) is 0 Å². The summed E-state index contributed by atoms with van der Waals surface area (Å²) in [6, 6.07) is 18.7. The first-order valence-electron chi connectivity index (χ1n) is 9.99. The topological polar surface area (TPSA) is 57.8 Å². The van der Waals surface area contributed by atoms with Crippen LogP contribution in [0.4, 0.5) is 0 Å². The average Bonchev–Trinajstić information content (AvgIpc) is 3.22. The van der Waals surface area contributed by atoms with E-state index in [1.165, 1.54) is 16.5 Å². The Kier molecular flexibility index (Phi) is 4.32. The molecule has 0 atom stereocenters. The summed E-state index contributed by atoms with van der Waals surface area (Å²) in [4.78, 5) is 20.5. The fraction of sp³-hybridized carbons (Fsp3) is 0.250. The van der Waals surface area contributed by atoms with Gasteiger partial charge in [0.1, 0.15) is 0 Å². The van der Waals surface area contributed by atoms with Gasteiger partial charge in [0.2, 0.25) is 0 Å². The minimum Gasteiger partial charge on any atom is -0.361 e. The van der Waals surface area contributed by atoms with Crippen molar-refractivity contribution in [2.24, 2.45) is 0 Å². The maximum absolute atomic E-state index is 12.9. The summed E-state index contributed by atoms with van der Waals surface area (Å²) in [5, 5.41) is 5.44. The molecule has 0 aliphatic heterocycles. The van der Waals surface area contributed by atoms with Crippen LogP contribution in [0.15, 0.2) is 67.0 Å². The summed E-state index contributed by atoms with van der Waals surface area (Å²) in [5.41, 5.74) is 4.18. The van der Waals surface area contributed by atoms with Crippen LogP contribution in [0, 0.1) is 0 Å². The highest BCUT2D eigenvalue weighted by atomic mass is 16.1. The molecule has 4 heteroatoms. The predicted octanol–water partition coefficient (Wildman–Crippen LogP) is 5.17. The normalized spacial score (nSPS) is 19.7. The van der Waals surface area contributed by atoms with E-state index < -0.39 is 0 Å². The first kappa shape index (κ1) is 17.0. The molecule has 2 N–H and O–H groups in total. The van der Waals surface area contributed by atoms with E-state index in [2.05, 4.69) is 39.6 Å². The Morgan fingerprint density at radius 3 is 2.79 bits per heavy atom. The van der Waals surface area contributed by atoms with Gasteiger partial charge in [-0.1, -0.05) is 18.2 Å². The van der Waals surface area contributed by atoms with E-state index in [1.54, 1.807) is 6.20 Å². The molecule has 4 aromatic rings. The predicted molar refractivity (Wildman–Crippen MR) is 113 cm³/mol.